The van der Waals surface area contributed by atoms with E-state index in [4.69, 9.17) is 21.4 Å². The van der Waals surface area contributed by atoms with Gasteiger partial charge in [0.25, 0.3) is 0 Å². The van der Waals surface area contributed by atoms with Crippen LogP contribution in [0.5, 0.6) is 5.75 Å². The number of methoxy groups -OCH3 is 1. The standard InChI is InChI=1S/C13H14BrClO3/c1-18-11-5-8(15)4-10(13(11)14)9(6-12(16)17)7-2-3-7/h4-5,7,9H,2-3,6H2,1H3,(H,16,17). The zero-order valence-corrected chi connectivity index (χ0v) is 12.3. The van der Waals surface area contributed by atoms with Crippen molar-refractivity contribution in [1.29, 1.82) is 0 Å². The number of hydrogen-bond acceptors (Lipinski definition) is 2. The quantitative estimate of drug-likeness (QED) is 0.883. The van der Waals surface area contributed by atoms with Crippen molar-refractivity contribution in [2.24, 2.45) is 5.92 Å². The maximum Gasteiger partial charge on any atom is 0.303 e. The van der Waals surface area contributed by atoms with Crippen molar-refractivity contribution in [2.75, 3.05) is 7.11 Å². The lowest BCUT2D eigenvalue weighted by atomic mass is 9.91. The predicted octanol–water partition coefficient (Wildman–Crippen LogP) is 4.08. The second-order valence-electron chi connectivity index (χ2n) is 4.55. The van der Waals surface area contributed by atoms with Gasteiger partial charge in [-0.2, -0.15) is 0 Å². The highest BCUT2D eigenvalue weighted by Crippen LogP contribution is 2.48. The maximum atomic E-state index is 11.0. The van der Waals surface area contributed by atoms with Crippen LogP contribution in [-0.2, 0) is 4.79 Å². The van der Waals surface area contributed by atoms with E-state index in [0.717, 1.165) is 22.9 Å². The summed E-state index contributed by atoms with van der Waals surface area (Å²) >= 11 is 9.54. The molecule has 1 fully saturated rings. The molecule has 1 unspecified atom stereocenters. The number of carbonyl (C=O) groups is 1. The Labute approximate surface area is 119 Å². The molecule has 1 atom stereocenters. The molecule has 18 heavy (non-hydrogen) atoms. The van der Waals surface area contributed by atoms with Gasteiger partial charge in [-0.3, -0.25) is 4.79 Å². The van der Waals surface area contributed by atoms with E-state index in [9.17, 15) is 4.79 Å². The highest BCUT2D eigenvalue weighted by molar-refractivity contribution is 9.10. The Morgan fingerprint density at radius 3 is 2.78 bits per heavy atom. The Morgan fingerprint density at radius 1 is 1.61 bits per heavy atom. The van der Waals surface area contributed by atoms with E-state index in [2.05, 4.69) is 15.9 Å². The van der Waals surface area contributed by atoms with E-state index in [-0.39, 0.29) is 12.3 Å². The molecule has 1 aromatic rings. The molecule has 0 aromatic heterocycles. The highest BCUT2D eigenvalue weighted by Gasteiger charge is 2.35. The van der Waals surface area contributed by atoms with Gasteiger partial charge < -0.3 is 9.84 Å². The molecule has 3 nitrogen and oxygen atoms in total. The maximum absolute atomic E-state index is 11.0. The normalized spacial score (nSPS) is 16.4. The van der Waals surface area contributed by atoms with Crippen molar-refractivity contribution in [3.8, 4) is 5.75 Å². The molecule has 1 aliphatic rings. The Balaban J connectivity index is 2.40. The lowest BCUT2D eigenvalue weighted by molar-refractivity contribution is -0.137. The van der Waals surface area contributed by atoms with Gasteiger partial charge in [-0.25, -0.2) is 0 Å². The van der Waals surface area contributed by atoms with Crippen LogP contribution in [0.15, 0.2) is 16.6 Å². The number of ether oxygens (including phenoxy) is 1. The van der Waals surface area contributed by atoms with Crippen LogP contribution in [0.4, 0.5) is 0 Å². The minimum atomic E-state index is -0.780. The SMILES string of the molecule is COc1cc(Cl)cc(C(CC(=O)O)C2CC2)c1Br. The van der Waals surface area contributed by atoms with E-state index in [0.29, 0.717) is 16.7 Å². The van der Waals surface area contributed by atoms with Crippen molar-refractivity contribution in [2.45, 2.75) is 25.2 Å². The molecule has 98 valence electrons. The van der Waals surface area contributed by atoms with Crippen molar-refractivity contribution in [3.63, 3.8) is 0 Å². The van der Waals surface area contributed by atoms with E-state index < -0.39 is 5.97 Å². The van der Waals surface area contributed by atoms with Gasteiger partial charge in [-0.1, -0.05) is 11.6 Å². The lowest BCUT2D eigenvalue weighted by Crippen LogP contribution is -2.09. The smallest absolute Gasteiger partial charge is 0.303 e. The van der Waals surface area contributed by atoms with Gasteiger partial charge in [-0.15, -0.1) is 0 Å². The molecule has 5 heteroatoms. The largest absolute Gasteiger partial charge is 0.496 e. The average molecular weight is 334 g/mol. The van der Waals surface area contributed by atoms with Crippen LogP contribution in [-0.4, -0.2) is 18.2 Å². The third kappa shape index (κ3) is 2.98. The fourth-order valence-corrected chi connectivity index (χ4v) is 3.12. The third-order valence-electron chi connectivity index (χ3n) is 3.24. The molecule has 0 heterocycles. The molecule has 0 amide bonds. The van der Waals surface area contributed by atoms with Gasteiger partial charge in [0.1, 0.15) is 5.75 Å². The number of hydrogen-bond donors (Lipinski definition) is 1. The van der Waals surface area contributed by atoms with Crippen LogP contribution in [0.3, 0.4) is 0 Å². The van der Waals surface area contributed by atoms with Gasteiger partial charge in [0.15, 0.2) is 0 Å². The van der Waals surface area contributed by atoms with Gasteiger partial charge >= 0.3 is 5.97 Å². The van der Waals surface area contributed by atoms with Crippen LogP contribution in [0.25, 0.3) is 0 Å². The molecule has 0 aliphatic heterocycles. The molecule has 1 saturated carbocycles. The van der Waals surface area contributed by atoms with Crippen LogP contribution in [0.1, 0.15) is 30.7 Å². The van der Waals surface area contributed by atoms with Crippen molar-refractivity contribution < 1.29 is 14.6 Å². The molecule has 1 aliphatic carbocycles. The average Bonchev–Trinajstić information content (AvgIpc) is 3.12. The Morgan fingerprint density at radius 2 is 2.28 bits per heavy atom. The van der Waals surface area contributed by atoms with Crippen molar-refractivity contribution in [3.05, 3.63) is 27.2 Å². The summed E-state index contributed by atoms with van der Waals surface area (Å²) in [6.07, 6.45) is 2.30. The van der Waals surface area contributed by atoms with Crippen LogP contribution in [0, 0.1) is 5.92 Å². The highest BCUT2D eigenvalue weighted by atomic mass is 79.9. The minimum absolute atomic E-state index is 0.00414. The molecule has 0 radical (unpaired) electrons. The van der Waals surface area contributed by atoms with Gasteiger partial charge in [-0.05, 0) is 58.3 Å². The van der Waals surface area contributed by atoms with Crippen LogP contribution in [0.2, 0.25) is 5.02 Å². The van der Waals surface area contributed by atoms with Gasteiger partial charge in [0, 0.05) is 5.02 Å². The summed E-state index contributed by atoms with van der Waals surface area (Å²) < 4.78 is 6.06. The Hall–Kier alpha value is -0.740. The molecular formula is C13H14BrClO3. The summed E-state index contributed by atoms with van der Waals surface area (Å²) in [5.74, 6) is 0.316. The fourth-order valence-electron chi connectivity index (χ4n) is 2.22. The molecule has 1 aromatic carbocycles. The first-order valence-electron chi connectivity index (χ1n) is 5.77. The van der Waals surface area contributed by atoms with E-state index in [1.54, 1.807) is 13.2 Å². The zero-order valence-electron chi connectivity index (χ0n) is 9.95. The molecule has 0 saturated heterocycles. The minimum Gasteiger partial charge on any atom is -0.496 e. The molecule has 1 N–H and O–H groups in total. The number of aliphatic carboxylic acids is 1. The monoisotopic (exact) mass is 332 g/mol. The Kier molecular flexibility index (Phi) is 4.17. The lowest BCUT2D eigenvalue weighted by Gasteiger charge is -2.18. The van der Waals surface area contributed by atoms with E-state index in [1.807, 2.05) is 6.07 Å². The topological polar surface area (TPSA) is 46.5 Å². The summed E-state index contributed by atoms with van der Waals surface area (Å²) in [4.78, 5) is 11.0. The number of benzene rings is 1. The van der Waals surface area contributed by atoms with Gasteiger partial charge in [0.2, 0.25) is 0 Å². The fraction of sp³-hybridized carbons (Fsp3) is 0.462. The van der Waals surface area contributed by atoms with Crippen molar-refractivity contribution in [1.82, 2.24) is 0 Å². The number of carboxylic acids is 1. The number of rotatable bonds is 5. The van der Waals surface area contributed by atoms with Crippen LogP contribution >= 0.6 is 27.5 Å². The van der Waals surface area contributed by atoms with E-state index >= 15 is 0 Å². The van der Waals surface area contributed by atoms with Gasteiger partial charge in [0.05, 0.1) is 18.0 Å². The molecule has 0 bridgehead atoms. The summed E-state index contributed by atoms with van der Waals surface area (Å²) in [6.45, 7) is 0. The second kappa shape index (κ2) is 5.49. The zero-order chi connectivity index (χ0) is 13.3. The third-order valence-corrected chi connectivity index (χ3v) is 4.30. The van der Waals surface area contributed by atoms with Crippen molar-refractivity contribution >= 4 is 33.5 Å². The van der Waals surface area contributed by atoms with E-state index in [1.165, 1.54) is 0 Å². The summed E-state index contributed by atoms with van der Waals surface area (Å²) in [5.41, 5.74) is 0.934. The predicted molar refractivity (Wildman–Crippen MR) is 73.4 cm³/mol. The molecule has 0 spiro atoms. The van der Waals surface area contributed by atoms with Crippen LogP contribution < -0.4 is 4.74 Å². The first kappa shape index (κ1) is 13.7. The summed E-state index contributed by atoms with van der Waals surface area (Å²) in [7, 11) is 1.57. The molecule has 2 rings (SSSR count). The second-order valence-corrected chi connectivity index (χ2v) is 5.78. The first-order valence-corrected chi connectivity index (χ1v) is 6.94. The molecular weight excluding hydrogens is 319 g/mol. The summed E-state index contributed by atoms with van der Waals surface area (Å²) in [6, 6.07) is 3.56. The number of halogens is 2. The Bertz CT molecular complexity index is 472. The summed E-state index contributed by atoms with van der Waals surface area (Å²) in [5, 5.41) is 9.60. The first-order chi connectivity index (χ1) is 8.52. The number of carboxylic acid groups (broad SMARTS) is 1.